The normalized spacial score (nSPS) is 20.1. The van der Waals surface area contributed by atoms with Crippen molar-refractivity contribution in [1.29, 1.82) is 0 Å². The molecule has 10 nitrogen and oxygen atoms in total. The van der Waals surface area contributed by atoms with Crippen molar-refractivity contribution in [1.82, 2.24) is 20.5 Å². The molecular weight excluding hydrogens is 500 g/mol. The molecule has 2 aromatic carbocycles. The maximum absolute atomic E-state index is 13.9. The SMILES string of the molecule is CC(C)C[C@H](NC(=O)[C@@H]1Cc2c([nH]c3ccccc23)C2c3ccccc3C(=O)N21)C(=O)N[C@@H](C(=O)O)C(C)O. The van der Waals surface area contributed by atoms with Gasteiger partial charge in [0.2, 0.25) is 11.8 Å². The van der Waals surface area contributed by atoms with Crippen LogP contribution in [0.3, 0.4) is 0 Å². The van der Waals surface area contributed by atoms with Crippen LogP contribution in [-0.4, -0.2) is 68.0 Å². The highest BCUT2D eigenvalue weighted by Crippen LogP contribution is 2.46. The number of nitrogens with zero attached hydrogens (tertiary/aromatic N) is 1. The number of para-hydroxylation sites is 1. The van der Waals surface area contributed by atoms with Crippen LogP contribution in [0.15, 0.2) is 48.5 Å². The number of hydrogen-bond donors (Lipinski definition) is 5. The molecule has 0 radical (unpaired) electrons. The van der Waals surface area contributed by atoms with E-state index in [1.165, 1.54) is 6.92 Å². The average molecular weight is 533 g/mol. The Hall–Kier alpha value is -4.18. The second-order valence-corrected chi connectivity index (χ2v) is 10.7. The van der Waals surface area contributed by atoms with Gasteiger partial charge in [0.1, 0.15) is 12.1 Å². The number of fused-ring (bicyclic) bond motifs is 7. The quantitative estimate of drug-likeness (QED) is 0.300. The Kier molecular flexibility index (Phi) is 6.90. The molecule has 0 bridgehead atoms. The predicted octanol–water partition coefficient (Wildman–Crippen LogP) is 2.12. The molecule has 204 valence electrons. The maximum Gasteiger partial charge on any atom is 0.328 e. The molecule has 2 aliphatic heterocycles. The Balaban J connectivity index is 1.50. The van der Waals surface area contributed by atoms with Gasteiger partial charge in [-0.25, -0.2) is 4.79 Å². The van der Waals surface area contributed by atoms with E-state index in [-0.39, 0.29) is 24.7 Å². The first-order valence-corrected chi connectivity index (χ1v) is 13.1. The van der Waals surface area contributed by atoms with Crippen LogP contribution in [0.1, 0.15) is 60.4 Å². The van der Waals surface area contributed by atoms with Crippen molar-refractivity contribution in [3.8, 4) is 0 Å². The topological polar surface area (TPSA) is 152 Å². The molecule has 0 saturated heterocycles. The molecular formula is C29H32N4O6. The summed E-state index contributed by atoms with van der Waals surface area (Å²) in [5, 5.41) is 25.4. The summed E-state index contributed by atoms with van der Waals surface area (Å²) < 4.78 is 0. The fourth-order valence-electron chi connectivity index (χ4n) is 5.75. The molecule has 2 aliphatic rings. The van der Waals surface area contributed by atoms with Crippen LogP contribution in [0.5, 0.6) is 0 Å². The van der Waals surface area contributed by atoms with E-state index in [0.29, 0.717) is 5.56 Å². The van der Waals surface area contributed by atoms with Gasteiger partial charge in [-0.1, -0.05) is 50.2 Å². The number of aromatic amines is 1. The van der Waals surface area contributed by atoms with Gasteiger partial charge in [-0.3, -0.25) is 14.4 Å². The molecule has 2 unspecified atom stereocenters. The summed E-state index contributed by atoms with van der Waals surface area (Å²) in [5.41, 5.74) is 4.07. The molecule has 1 aromatic heterocycles. The number of carboxylic acid groups (broad SMARTS) is 1. The minimum atomic E-state index is -1.52. The summed E-state index contributed by atoms with van der Waals surface area (Å²) in [6.45, 7) is 5.03. The Morgan fingerprint density at radius 2 is 1.74 bits per heavy atom. The van der Waals surface area contributed by atoms with E-state index >= 15 is 0 Å². The lowest BCUT2D eigenvalue weighted by molar-refractivity contribution is -0.145. The van der Waals surface area contributed by atoms with E-state index < -0.39 is 48.1 Å². The van der Waals surface area contributed by atoms with Gasteiger partial charge >= 0.3 is 5.97 Å². The zero-order chi connectivity index (χ0) is 28.0. The second kappa shape index (κ2) is 10.2. The van der Waals surface area contributed by atoms with Crippen LogP contribution in [0.4, 0.5) is 0 Å². The molecule has 0 spiro atoms. The highest BCUT2D eigenvalue weighted by molar-refractivity contribution is 6.04. The molecule has 10 heteroatoms. The minimum absolute atomic E-state index is 0.00660. The average Bonchev–Trinajstić information content (AvgIpc) is 3.41. The third kappa shape index (κ3) is 4.65. The number of H-pyrrole nitrogens is 1. The molecule has 3 aromatic rings. The number of carboxylic acids is 1. The summed E-state index contributed by atoms with van der Waals surface area (Å²) in [5.74, 6) is -2.85. The van der Waals surface area contributed by atoms with Crippen molar-refractivity contribution < 1.29 is 29.4 Å². The van der Waals surface area contributed by atoms with E-state index in [0.717, 1.165) is 27.7 Å². The van der Waals surface area contributed by atoms with E-state index in [4.69, 9.17) is 0 Å². The number of carbonyl (C=O) groups is 4. The molecule has 0 fully saturated rings. The fraction of sp³-hybridized carbons (Fsp3) is 0.379. The van der Waals surface area contributed by atoms with Crippen LogP contribution in [0, 0.1) is 5.92 Å². The van der Waals surface area contributed by atoms with E-state index in [2.05, 4.69) is 15.6 Å². The highest BCUT2D eigenvalue weighted by atomic mass is 16.4. The van der Waals surface area contributed by atoms with Gasteiger partial charge in [0.25, 0.3) is 5.91 Å². The molecule has 39 heavy (non-hydrogen) atoms. The standard InChI is InChI=1S/C29H32N4O6/c1-14(2)12-21(26(35)32-23(15(3)34)29(38)39)31-27(36)22-13-19-16-8-6-7-11-20(16)30-24(19)25-17-9-4-5-10-18(17)28(37)33(22)25/h4-11,14-15,21-23,25,30,34H,12-13H2,1-3H3,(H,31,36)(H,32,35)(H,38,39)/t15?,21-,22-,23+,25?/m0/s1. The van der Waals surface area contributed by atoms with Gasteiger partial charge in [-0.2, -0.15) is 0 Å². The first kappa shape index (κ1) is 26.4. The number of aliphatic hydroxyl groups is 1. The zero-order valence-corrected chi connectivity index (χ0v) is 22.0. The second-order valence-electron chi connectivity index (χ2n) is 10.7. The van der Waals surface area contributed by atoms with E-state index in [1.807, 2.05) is 50.2 Å². The lowest BCUT2D eigenvalue weighted by atomic mass is 9.89. The zero-order valence-electron chi connectivity index (χ0n) is 22.0. The van der Waals surface area contributed by atoms with Crippen LogP contribution in [0.2, 0.25) is 0 Å². The van der Waals surface area contributed by atoms with Crippen LogP contribution >= 0.6 is 0 Å². The van der Waals surface area contributed by atoms with Crippen molar-refractivity contribution >= 4 is 34.6 Å². The van der Waals surface area contributed by atoms with Crippen molar-refractivity contribution in [2.75, 3.05) is 0 Å². The minimum Gasteiger partial charge on any atom is -0.480 e. The number of aromatic nitrogens is 1. The summed E-state index contributed by atoms with van der Waals surface area (Å²) >= 11 is 0. The van der Waals surface area contributed by atoms with E-state index in [9.17, 15) is 29.4 Å². The van der Waals surface area contributed by atoms with Crippen molar-refractivity contribution in [2.24, 2.45) is 5.92 Å². The maximum atomic E-state index is 13.9. The third-order valence-electron chi connectivity index (χ3n) is 7.54. The van der Waals surface area contributed by atoms with Gasteiger partial charge in [-0.05, 0) is 42.5 Å². The molecule has 0 aliphatic carbocycles. The molecule has 3 heterocycles. The largest absolute Gasteiger partial charge is 0.480 e. The van der Waals surface area contributed by atoms with Crippen LogP contribution < -0.4 is 10.6 Å². The molecule has 5 rings (SSSR count). The summed E-state index contributed by atoms with van der Waals surface area (Å²) in [7, 11) is 0. The summed E-state index contributed by atoms with van der Waals surface area (Å²) in [6, 6.07) is 11.1. The molecule has 5 N–H and O–H groups in total. The van der Waals surface area contributed by atoms with Gasteiger partial charge in [-0.15, -0.1) is 0 Å². The van der Waals surface area contributed by atoms with Crippen molar-refractivity contribution in [3.05, 3.63) is 70.9 Å². The van der Waals surface area contributed by atoms with Gasteiger partial charge in [0.05, 0.1) is 12.1 Å². The summed E-state index contributed by atoms with van der Waals surface area (Å²) in [4.78, 5) is 57.2. The Labute approximate surface area is 225 Å². The molecule has 5 atom stereocenters. The number of aliphatic carboxylic acids is 1. The van der Waals surface area contributed by atoms with Crippen LogP contribution in [0.25, 0.3) is 10.9 Å². The van der Waals surface area contributed by atoms with Gasteiger partial charge in [0, 0.05) is 28.6 Å². The van der Waals surface area contributed by atoms with Crippen LogP contribution in [-0.2, 0) is 20.8 Å². The summed E-state index contributed by atoms with van der Waals surface area (Å²) in [6.07, 6.45) is -0.836. The molecule has 3 amide bonds. The lowest BCUT2D eigenvalue weighted by Gasteiger charge is -2.38. The van der Waals surface area contributed by atoms with Crippen molar-refractivity contribution in [3.63, 3.8) is 0 Å². The monoisotopic (exact) mass is 532 g/mol. The Morgan fingerprint density at radius 1 is 1.05 bits per heavy atom. The predicted molar refractivity (Wildman–Crippen MR) is 143 cm³/mol. The van der Waals surface area contributed by atoms with E-state index in [1.54, 1.807) is 17.0 Å². The number of rotatable bonds is 8. The Morgan fingerprint density at radius 3 is 2.44 bits per heavy atom. The highest BCUT2D eigenvalue weighted by Gasteiger charge is 2.49. The molecule has 0 saturated carbocycles. The lowest BCUT2D eigenvalue weighted by Crippen LogP contribution is -2.59. The number of nitrogens with one attached hydrogen (secondary N) is 3. The number of carbonyl (C=O) groups excluding carboxylic acids is 3. The Bertz CT molecular complexity index is 1460. The first-order valence-electron chi connectivity index (χ1n) is 13.1. The number of aliphatic hydroxyl groups excluding tert-OH is 1. The van der Waals surface area contributed by atoms with Gasteiger partial charge in [0.15, 0.2) is 6.04 Å². The number of benzene rings is 2. The fourth-order valence-corrected chi connectivity index (χ4v) is 5.75. The third-order valence-corrected chi connectivity index (χ3v) is 7.54. The number of amides is 3. The van der Waals surface area contributed by atoms with Gasteiger partial charge < -0.3 is 30.7 Å². The van der Waals surface area contributed by atoms with Crippen molar-refractivity contribution in [2.45, 2.75) is 63.9 Å². The smallest absolute Gasteiger partial charge is 0.328 e. The number of hydrogen-bond acceptors (Lipinski definition) is 5. The first-order chi connectivity index (χ1) is 18.6.